The lowest BCUT2D eigenvalue weighted by Gasteiger charge is -2.36. The smallest absolute Gasteiger partial charge is 0.254 e. The zero-order valence-electron chi connectivity index (χ0n) is 15.9. The molecule has 1 saturated heterocycles. The highest BCUT2D eigenvalue weighted by Gasteiger charge is 2.23. The summed E-state index contributed by atoms with van der Waals surface area (Å²) in [5, 5.41) is 0. The molecule has 148 valence electrons. The maximum atomic E-state index is 12.8. The molecular weight excluding hydrogens is 378 g/mol. The molecule has 2 aromatic carbocycles. The van der Waals surface area contributed by atoms with Crippen molar-refractivity contribution in [1.82, 2.24) is 9.62 Å². The lowest BCUT2D eigenvalue weighted by Crippen LogP contribution is -2.48. The Hall–Kier alpha value is -2.71. The predicted octanol–water partition coefficient (Wildman–Crippen LogP) is 1.76. The fraction of sp³-hybridized carbons (Fsp3) is 0.300. The summed E-state index contributed by atoms with van der Waals surface area (Å²) in [4.78, 5) is 28.1. The normalized spacial score (nSPS) is 14.8. The lowest BCUT2D eigenvalue weighted by molar-refractivity contribution is 0.0746. The van der Waals surface area contributed by atoms with Crippen LogP contribution in [-0.4, -0.2) is 58.2 Å². The number of nitrogens with one attached hydrogen (secondary N) is 1. The van der Waals surface area contributed by atoms with Gasteiger partial charge in [-0.1, -0.05) is 6.07 Å². The van der Waals surface area contributed by atoms with E-state index in [1.165, 1.54) is 26.1 Å². The van der Waals surface area contributed by atoms with E-state index in [0.717, 1.165) is 5.69 Å². The Morgan fingerprint density at radius 3 is 2.14 bits per heavy atom. The topological polar surface area (TPSA) is 86.8 Å². The molecule has 0 spiro atoms. The SMILES string of the molecule is CNS(=O)(=O)c1cccc(C(=O)N2CCN(c3ccc(C(C)=O)cc3)CC2)c1. The van der Waals surface area contributed by atoms with Crippen molar-refractivity contribution in [3.8, 4) is 0 Å². The summed E-state index contributed by atoms with van der Waals surface area (Å²) in [6, 6.07) is 13.5. The highest BCUT2D eigenvalue weighted by atomic mass is 32.2. The Morgan fingerprint density at radius 2 is 1.57 bits per heavy atom. The van der Waals surface area contributed by atoms with Gasteiger partial charge in [0.15, 0.2) is 5.78 Å². The molecule has 1 fully saturated rings. The third-order valence-electron chi connectivity index (χ3n) is 4.87. The number of amides is 1. The predicted molar refractivity (Wildman–Crippen MR) is 107 cm³/mol. The van der Waals surface area contributed by atoms with E-state index in [1.54, 1.807) is 17.0 Å². The van der Waals surface area contributed by atoms with E-state index >= 15 is 0 Å². The average Bonchev–Trinajstić information content (AvgIpc) is 2.73. The van der Waals surface area contributed by atoms with Crippen molar-refractivity contribution in [2.45, 2.75) is 11.8 Å². The Kier molecular flexibility index (Phi) is 5.81. The summed E-state index contributed by atoms with van der Waals surface area (Å²) in [6.07, 6.45) is 0. The van der Waals surface area contributed by atoms with Gasteiger partial charge in [0.1, 0.15) is 0 Å². The number of benzene rings is 2. The van der Waals surface area contributed by atoms with Gasteiger partial charge < -0.3 is 9.80 Å². The minimum atomic E-state index is -3.59. The molecule has 3 rings (SSSR count). The van der Waals surface area contributed by atoms with Gasteiger partial charge in [0.05, 0.1) is 4.90 Å². The second kappa shape index (κ2) is 8.12. The summed E-state index contributed by atoms with van der Waals surface area (Å²) in [6.45, 7) is 3.95. The second-order valence-corrected chi connectivity index (χ2v) is 8.50. The Balaban J connectivity index is 1.67. The van der Waals surface area contributed by atoms with Crippen LogP contribution in [0.2, 0.25) is 0 Å². The number of piperazine rings is 1. The first-order chi connectivity index (χ1) is 13.3. The molecule has 0 aromatic heterocycles. The van der Waals surface area contributed by atoms with E-state index < -0.39 is 10.0 Å². The Labute approximate surface area is 165 Å². The fourth-order valence-electron chi connectivity index (χ4n) is 3.17. The van der Waals surface area contributed by atoms with Crippen LogP contribution in [0.5, 0.6) is 0 Å². The third kappa shape index (κ3) is 4.23. The minimum absolute atomic E-state index is 0.0319. The number of rotatable bonds is 5. The van der Waals surface area contributed by atoms with Gasteiger partial charge >= 0.3 is 0 Å². The van der Waals surface area contributed by atoms with Gasteiger partial charge in [-0.05, 0) is 56.4 Å². The molecule has 1 heterocycles. The summed E-state index contributed by atoms with van der Waals surface area (Å²) in [7, 11) is -2.25. The molecule has 0 unspecified atom stereocenters. The maximum Gasteiger partial charge on any atom is 0.254 e. The van der Waals surface area contributed by atoms with E-state index in [4.69, 9.17) is 0 Å². The lowest BCUT2D eigenvalue weighted by atomic mass is 10.1. The van der Waals surface area contributed by atoms with Crippen molar-refractivity contribution in [2.75, 3.05) is 38.1 Å². The van der Waals surface area contributed by atoms with Crippen molar-refractivity contribution < 1.29 is 18.0 Å². The van der Waals surface area contributed by atoms with Crippen LogP contribution in [0.15, 0.2) is 53.4 Å². The number of hydrogen-bond donors (Lipinski definition) is 1. The fourth-order valence-corrected chi connectivity index (χ4v) is 3.95. The van der Waals surface area contributed by atoms with Gasteiger partial charge in [-0.25, -0.2) is 13.1 Å². The number of ketones is 1. The van der Waals surface area contributed by atoms with Crippen molar-refractivity contribution >= 4 is 27.4 Å². The monoisotopic (exact) mass is 401 g/mol. The molecule has 1 N–H and O–H groups in total. The first kappa shape index (κ1) is 20.0. The van der Waals surface area contributed by atoms with Crippen LogP contribution >= 0.6 is 0 Å². The number of carbonyl (C=O) groups excluding carboxylic acids is 2. The van der Waals surface area contributed by atoms with E-state index in [-0.39, 0.29) is 16.6 Å². The van der Waals surface area contributed by atoms with Crippen LogP contribution in [-0.2, 0) is 10.0 Å². The Morgan fingerprint density at radius 1 is 0.929 bits per heavy atom. The molecule has 8 heteroatoms. The zero-order chi connectivity index (χ0) is 20.3. The molecule has 1 aliphatic rings. The summed E-state index contributed by atoms with van der Waals surface area (Å²) in [5.41, 5.74) is 2.05. The summed E-state index contributed by atoms with van der Waals surface area (Å²) >= 11 is 0. The summed E-state index contributed by atoms with van der Waals surface area (Å²) in [5.74, 6) is -0.149. The number of hydrogen-bond acceptors (Lipinski definition) is 5. The molecule has 0 atom stereocenters. The van der Waals surface area contributed by atoms with Gasteiger partial charge in [-0.15, -0.1) is 0 Å². The molecule has 0 saturated carbocycles. The molecule has 0 radical (unpaired) electrons. The zero-order valence-corrected chi connectivity index (χ0v) is 16.7. The molecular formula is C20H23N3O4S. The molecule has 28 heavy (non-hydrogen) atoms. The van der Waals surface area contributed by atoms with E-state index in [2.05, 4.69) is 9.62 Å². The van der Waals surface area contributed by atoms with Gasteiger partial charge in [0.25, 0.3) is 5.91 Å². The van der Waals surface area contributed by atoms with Gasteiger partial charge in [0, 0.05) is 43.0 Å². The first-order valence-electron chi connectivity index (χ1n) is 9.00. The van der Waals surface area contributed by atoms with Crippen molar-refractivity contribution in [3.63, 3.8) is 0 Å². The molecule has 2 aromatic rings. The van der Waals surface area contributed by atoms with Crippen LogP contribution in [0.4, 0.5) is 5.69 Å². The third-order valence-corrected chi connectivity index (χ3v) is 6.28. The number of anilines is 1. The molecule has 0 bridgehead atoms. The van der Waals surface area contributed by atoms with Crippen LogP contribution in [0.1, 0.15) is 27.6 Å². The number of nitrogens with zero attached hydrogens (tertiary/aromatic N) is 2. The first-order valence-corrected chi connectivity index (χ1v) is 10.5. The van der Waals surface area contributed by atoms with Gasteiger partial charge in [-0.2, -0.15) is 0 Å². The van der Waals surface area contributed by atoms with E-state index in [9.17, 15) is 18.0 Å². The Bertz CT molecular complexity index is 979. The molecule has 1 amide bonds. The van der Waals surface area contributed by atoms with Gasteiger partial charge in [-0.3, -0.25) is 9.59 Å². The molecule has 1 aliphatic heterocycles. The summed E-state index contributed by atoms with van der Waals surface area (Å²) < 4.78 is 26.2. The maximum absolute atomic E-state index is 12.8. The van der Waals surface area contributed by atoms with Crippen LogP contribution in [0.25, 0.3) is 0 Å². The highest BCUT2D eigenvalue weighted by molar-refractivity contribution is 7.89. The van der Waals surface area contributed by atoms with Crippen LogP contribution in [0, 0.1) is 0 Å². The molecule has 7 nitrogen and oxygen atoms in total. The number of sulfonamides is 1. The van der Waals surface area contributed by atoms with Crippen LogP contribution in [0.3, 0.4) is 0 Å². The van der Waals surface area contributed by atoms with E-state index in [1.807, 2.05) is 24.3 Å². The molecule has 0 aliphatic carbocycles. The van der Waals surface area contributed by atoms with Crippen LogP contribution < -0.4 is 9.62 Å². The average molecular weight is 401 g/mol. The van der Waals surface area contributed by atoms with Crippen molar-refractivity contribution in [3.05, 3.63) is 59.7 Å². The minimum Gasteiger partial charge on any atom is -0.368 e. The highest BCUT2D eigenvalue weighted by Crippen LogP contribution is 2.19. The largest absolute Gasteiger partial charge is 0.368 e. The number of Topliss-reactive ketones (excluding diaryl/α,β-unsaturated/α-hetero) is 1. The van der Waals surface area contributed by atoms with Gasteiger partial charge in [0.2, 0.25) is 10.0 Å². The standard InChI is InChI=1S/C20H23N3O4S/c1-15(24)16-6-8-18(9-7-16)22-10-12-23(13-11-22)20(25)17-4-3-5-19(14-17)28(26,27)21-2/h3-9,14,21H,10-13H2,1-2H3. The van der Waals surface area contributed by atoms with Crippen molar-refractivity contribution in [1.29, 1.82) is 0 Å². The second-order valence-electron chi connectivity index (χ2n) is 6.62. The van der Waals surface area contributed by atoms with Crippen molar-refractivity contribution in [2.24, 2.45) is 0 Å². The quantitative estimate of drug-likeness (QED) is 0.772. The number of carbonyl (C=O) groups is 2. The van der Waals surface area contributed by atoms with E-state index in [0.29, 0.717) is 37.3 Å².